The molecule has 0 fully saturated rings. The van der Waals surface area contributed by atoms with Gasteiger partial charge in [-0.2, -0.15) is 0 Å². The van der Waals surface area contributed by atoms with Gasteiger partial charge >= 0.3 is 0 Å². The molecule has 0 spiro atoms. The van der Waals surface area contributed by atoms with Crippen LogP contribution in [0.15, 0.2) is 4.47 Å². The zero-order chi connectivity index (χ0) is 15.3. The molecule has 1 aromatic rings. The van der Waals surface area contributed by atoms with Crippen molar-refractivity contribution in [2.75, 3.05) is 18.5 Å². The first-order chi connectivity index (χ1) is 9.31. The van der Waals surface area contributed by atoms with E-state index >= 15 is 0 Å². The Kier molecular flexibility index (Phi) is 6.40. The summed E-state index contributed by atoms with van der Waals surface area (Å²) < 4.78 is 6.81. The summed E-state index contributed by atoms with van der Waals surface area (Å²) in [4.78, 5) is 9.27. The summed E-state index contributed by atoms with van der Waals surface area (Å²) in [7, 11) is 0. The Morgan fingerprint density at radius 3 is 2.40 bits per heavy atom. The first-order valence-corrected chi connectivity index (χ1v) is 8.00. The van der Waals surface area contributed by atoms with Gasteiger partial charge in [-0.25, -0.2) is 9.97 Å². The lowest BCUT2D eigenvalue weighted by molar-refractivity contribution is -0.0191. The molecule has 0 aliphatic carbocycles. The van der Waals surface area contributed by atoms with Crippen LogP contribution >= 0.6 is 15.9 Å². The molecule has 0 saturated heterocycles. The van der Waals surface area contributed by atoms with E-state index in [9.17, 15) is 0 Å². The summed E-state index contributed by atoms with van der Waals surface area (Å²) in [5.41, 5.74) is 0.890. The first kappa shape index (κ1) is 17.4. The number of ether oxygens (including phenoxy) is 1. The third kappa shape index (κ3) is 4.42. The van der Waals surface area contributed by atoms with Gasteiger partial charge in [0, 0.05) is 13.2 Å². The van der Waals surface area contributed by atoms with Gasteiger partial charge in [-0.05, 0) is 41.6 Å². The monoisotopic (exact) mass is 343 g/mol. The highest BCUT2D eigenvalue weighted by molar-refractivity contribution is 9.10. The molecule has 1 unspecified atom stereocenters. The Morgan fingerprint density at radius 1 is 1.25 bits per heavy atom. The highest BCUT2D eigenvalue weighted by Gasteiger charge is 2.30. The van der Waals surface area contributed by atoms with Crippen LogP contribution < -0.4 is 5.32 Å². The lowest BCUT2D eigenvalue weighted by Gasteiger charge is -2.29. The molecule has 1 atom stereocenters. The van der Waals surface area contributed by atoms with Crippen molar-refractivity contribution in [2.45, 2.75) is 54.1 Å². The van der Waals surface area contributed by atoms with E-state index in [1.807, 2.05) is 13.8 Å². The Bertz CT molecular complexity index is 443. The summed E-state index contributed by atoms with van der Waals surface area (Å²) in [6.07, 6.45) is 0.945. The Balaban J connectivity index is 3.18. The van der Waals surface area contributed by atoms with Crippen LogP contribution in [0.3, 0.4) is 0 Å². The number of rotatable bonds is 6. The van der Waals surface area contributed by atoms with Gasteiger partial charge in [-0.15, -0.1) is 0 Å². The molecular weight excluding hydrogens is 318 g/mol. The van der Waals surface area contributed by atoms with Crippen molar-refractivity contribution in [3.8, 4) is 0 Å². The average molecular weight is 344 g/mol. The van der Waals surface area contributed by atoms with Gasteiger partial charge in [0.1, 0.15) is 11.9 Å². The van der Waals surface area contributed by atoms with Crippen molar-refractivity contribution < 1.29 is 4.74 Å². The average Bonchev–Trinajstić information content (AvgIpc) is 2.36. The molecule has 1 heterocycles. The standard InChI is InChI=1S/C15H26BrN3O/c1-7-9-17-13-11(16)10(3)18-14(19-13)12(20-8-2)15(4,5)6/h12H,7-9H2,1-6H3,(H,17,18,19). The molecule has 1 rings (SSSR count). The summed E-state index contributed by atoms with van der Waals surface area (Å²) >= 11 is 3.55. The van der Waals surface area contributed by atoms with E-state index in [-0.39, 0.29) is 11.5 Å². The summed E-state index contributed by atoms with van der Waals surface area (Å²) in [5, 5.41) is 3.34. The third-order valence-electron chi connectivity index (χ3n) is 2.93. The fraction of sp³-hybridized carbons (Fsp3) is 0.733. The maximum absolute atomic E-state index is 5.88. The predicted octanol–water partition coefficient (Wildman–Crippen LogP) is 4.49. The lowest BCUT2D eigenvalue weighted by atomic mass is 9.88. The third-order valence-corrected chi connectivity index (χ3v) is 3.88. The van der Waals surface area contributed by atoms with Crippen molar-refractivity contribution >= 4 is 21.7 Å². The molecule has 0 amide bonds. The molecule has 114 valence electrons. The van der Waals surface area contributed by atoms with Gasteiger partial charge in [0.2, 0.25) is 0 Å². The van der Waals surface area contributed by atoms with Crippen molar-refractivity contribution in [3.05, 3.63) is 16.0 Å². The lowest BCUT2D eigenvalue weighted by Crippen LogP contribution is -2.24. The molecule has 1 N–H and O–H groups in total. The molecule has 0 aliphatic rings. The number of hydrogen-bond donors (Lipinski definition) is 1. The minimum absolute atomic E-state index is 0.0433. The fourth-order valence-electron chi connectivity index (χ4n) is 1.94. The van der Waals surface area contributed by atoms with E-state index in [1.54, 1.807) is 0 Å². The van der Waals surface area contributed by atoms with Gasteiger partial charge in [0.15, 0.2) is 5.82 Å². The molecule has 5 heteroatoms. The SMILES string of the molecule is CCCNc1nc(C(OCC)C(C)(C)C)nc(C)c1Br. The van der Waals surface area contributed by atoms with E-state index in [0.29, 0.717) is 6.61 Å². The van der Waals surface area contributed by atoms with Crippen LogP contribution in [0.25, 0.3) is 0 Å². The van der Waals surface area contributed by atoms with Crippen LogP contribution in [0.1, 0.15) is 58.7 Å². The molecule has 0 bridgehead atoms. The second kappa shape index (κ2) is 7.36. The second-order valence-electron chi connectivity index (χ2n) is 5.96. The molecule has 4 nitrogen and oxygen atoms in total. The maximum atomic E-state index is 5.88. The minimum Gasteiger partial charge on any atom is -0.370 e. The van der Waals surface area contributed by atoms with Crippen molar-refractivity contribution in [3.63, 3.8) is 0 Å². The summed E-state index contributed by atoms with van der Waals surface area (Å²) in [6, 6.07) is 0. The smallest absolute Gasteiger partial charge is 0.160 e. The Hall–Kier alpha value is -0.680. The molecule has 0 radical (unpaired) electrons. The van der Waals surface area contributed by atoms with Crippen molar-refractivity contribution in [2.24, 2.45) is 5.41 Å². The number of hydrogen-bond acceptors (Lipinski definition) is 4. The number of anilines is 1. The van der Waals surface area contributed by atoms with E-state index in [1.165, 1.54) is 0 Å². The zero-order valence-electron chi connectivity index (χ0n) is 13.4. The van der Waals surface area contributed by atoms with Crippen molar-refractivity contribution in [1.82, 2.24) is 9.97 Å². The quantitative estimate of drug-likeness (QED) is 0.826. The molecule has 0 aromatic carbocycles. The highest BCUT2D eigenvalue weighted by Crippen LogP contribution is 2.36. The number of halogens is 1. The summed E-state index contributed by atoms with van der Waals surface area (Å²) in [5.74, 6) is 1.60. The van der Waals surface area contributed by atoms with Crippen LogP contribution in [0.4, 0.5) is 5.82 Å². The van der Waals surface area contributed by atoms with Crippen LogP contribution in [0, 0.1) is 12.3 Å². The molecule has 20 heavy (non-hydrogen) atoms. The molecule has 0 saturated carbocycles. The number of nitrogens with zero attached hydrogens (tertiary/aromatic N) is 2. The minimum atomic E-state index is -0.110. The first-order valence-electron chi connectivity index (χ1n) is 7.20. The molecule has 0 aliphatic heterocycles. The van der Waals surface area contributed by atoms with E-state index in [0.717, 1.165) is 34.8 Å². The highest BCUT2D eigenvalue weighted by atomic mass is 79.9. The topological polar surface area (TPSA) is 47.0 Å². The fourth-order valence-corrected chi connectivity index (χ4v) is 2.25. The van der Waals surface area contributed by atoms with Gasteiger partial charge in [0.25, 0.3) is 0 Å². The van der Waals surface area contributed by atoms with Crippen LogP contribution in [0.2, 0.25) is 0 Å². The zero-order valence-corrected chi connectivity index (χ0v) is 15.0. The van der Waals surface area contributed by atoms with Crippen LogP contribution in [-0.2, 0) is 4.74 Å². The maximum Gasteiger partial charge on any atom is 0.160 e. The van der Waals surface area contributed by atoms with Crippen LogP contribution in [-0.4, -0.2) is 23.1 Å². The molecule has 1 aromatic heterocycles. The largest absolute Gasteiger partial charge is 0.370 e. The van der Waals surface area contributed by atoms with Gasteiger partial charge in [-0.1, -0.05) is 27.7 Å². The Morgan fingerprint density at radius 2 is 1.90 bits per heavy atom. The van der Waals surface area contributed by atoms with Gasteiger partial charge in [0.05, 0.1) is 10.2 Å². The number of aromatic nitrogens is 2. The predicted molar refractivity (Wildman–Crippen MR) is 87.1 cm³/mol. The number of aryl methyl sites for hydroxylation is 1. The van der Waals surface area contributed by atoms with E-state index < -0.39 is 0 Å². The van der Waals surface area contributed by atoms with Gasteiger partial charge in [-0.3, -0.25) is 0 Å². The second-order valence-corrected chi connectivity index (χ2v) is 6.75. The van der Waals surface area contributed by atoms with E-state index in [2.05, 4.69) is 58.9 Å². The van der Waals surface area contributed by atoms with E-state index in [4.69, 9.17) is 4.74 Å². The summed E-state index contributed by atoms with van der Waals surface area (Å²) in [6.45, 7) is 14.1. The normalized spacial score (nSPS) is 13.3. The van der Waals surface area contributed by atoms with Gasteiger partial charge < -0.3 is 10.1 Å². The van der Waals surface area contributed by atoms with Crippen molar-refractivity contribution in [1.29, 1.82) is 0 Å². The number of nitrogens with one attached hydrogen (secondary N) is 1. The van der Waals surface area contributed by atoms with Crippen LogP contribution in [0.5, 0.6) is 0 Å². The Labute approximate surface area is 130 Å². The molecular formula is C15H26BrN3O.